The highest BCUT2D eigenvalue weighted by atomic mass is 31.2. The van der Waals surface area contributed by atoms with Gasteiger partial charge in [0.25, 0.3) is 7.82 Å². The molecule has 0 bridgehead atoms. The van der Waals surface area contributed by atoms with Crippen LogP contribution in [0, 0.1) is 0 Å². The van der Waals surface area contributed by atoms with E-state index in [9.17, 15) is 19.0 Å². The van der Waals surface area contributed by atoms with Gasteiger partial charge in [-0.15, -0.1) is 0 Å². The lowest BCUT2D eigenvalue weighted by atomic mass is 10.0. The molecule has 78 heavy (non-hydrogen) atoms. The number of ether oxygens (including phenoxy) is 2. The van der Waals surface area contributed by atoms with Crippen LogP contribution in [0.5, 0.6) is 0 Å². The molecule has 0 heterocycles. The van der Waals surface area contributed by atoms with Crippen molar-refractivity contribution in [2.75, 3.05) is 47.5 Å². The first-order valence-corrected chi connectivity index (χ1v) is 33.8. The fourth-order valence-corrected chi connectivity index (χ4v) is 9.68. The van der Waals surface area contributed by atoms with Gasteiger partial charge in [-0.3, -0.25) is 14.2 Å². The molecule has 0 rings (SSSR count). The molecular weight excluding hydrogens is 990 g/mol. The van der Waals surface area contributed by atoms with Gasteiger partial charge < -0.3 is 27.9 Å². The molecule has 0 aliphatic rings. The Morgan fingerprint density at radius 2 is 0.731 bits per heavy atom. The molecule has 452 valence electrons. The average molecular weight is 1110 g/mol. The van der Waals surface area contributed by atoms with Gasteiger partial charge in [0.15, 0.2) is 6.10 Å². The lowest BCUT2D eigenvalue weighted by molar-refractivity contribution is -0.870. The number of hydrogen-bond acceptors (Lipinski definition) is 8. The second-order valence-corrected chi connectivity index (χ2v) is 24.2. The van der Waals surface area contributed by atoms with Crippen molar-refractivity contribution in [2.45, 2.75) is 290 Å². The predicted octanol–water partition coefficient (Wildman–Crippen LogP) is 20.0. The molecular formula is C68H122NO8P. The highest BCUT2D eigenvalue weighted by Gasteiger charge is 2.22. The molecule has 0 saturated heterocycles. The summed E-state index contributed by atoms with van der Waals surface area (Å²) in [7, 11) is 1.16. The molecule has 0 saturated carbocycles. The smallest absolute Gasteiger partial charge is 0.306 e. The van der Waals surface area contributed by atoms with E-state index in [1.54, 1.807) is 0 Å². The number of quaternary nitrogens is 1. The van der Waals surface area contributed by atoms with Crippen molar-refractivity contribution in [3.05, 3.63) is 85.1 Å². The largest absolute Gasteiger partial charge is 0.756 e. The van der Waals surface area contributed by atoms with Gasteiger partial charge in [-0.25, -0.2) is 0 Å². The number of phosphoric acid groups is 1. The van der Waals surface area contributed by atoms with Crippen molar-refractivity contribution in [3.63, 3.8) is 0 Å². The molecule has 0 aliphatic carbocycles. The second kappa shape index (κ2) is 58.8. The molecule has 0 aromatic carbocycles. The Bertz CT molecular complexity index is 1590. The Balaban J connectivity index is 4.11. The number of nitrogens with zero attached hydrogens (tertiary/aromatic N) is 1. The monoisotopic (exact) mass is 1110 g/mol. The first-order chi connectivity index (χ1) is 38.0. The van der Waals surface area contributed by atoms with Crippen LogP contribution >= 0.6 is 7.82 Å². The number of phosphoric ester groups is 1. The lowest BCUT2D eigenvalue weighted by Gasteiger charge is -2.28. The van der Waals surface area contributed by atoms with E-state index in [2.05, 4.69) is 98.9 Å². The van der Waals surface area contributed by atoms with Gasteiger partial charge in [0.05, 0.1) is 27.7 Å². The zero-order chi connectivity index (χ0) is 57.0. The Morgan fingerprint density at radius 3 is 1.09 bits per heavy atom. The van der Waals surface area contributed by atoms with Crippen LogP contribution in [-0.4, -0.2) is 70.0 Å². The van der Waals surface area contributed by atoms with Crippen LogP contribution in [0.2, 0.25) is 0 Å². The molecule has 0 aliphatic heterocycles. The van der Waals surface area contributed by atoms with E-state index < -0.39 is 26.5 Å². The molecule has 0 spiro atoms. The number of carbonyl (C=O) groups is 2. The fraction of sp³-hybridized carbons (Fsp3) is 0.765. The molecule has 0 aromatic heterocycles. The quantitative estimate of drug-likeness (QED) is 0.0195. The van der Waals surface area contributed by atoms with Gasteiger partial charge in [-0.1, -0.05) is 266 Å². The lowest BCUT2D eigenvalue weighted by Crippen LogP contribution is -2.37. The Kier molecular flexibility index (Phi) is 56.7. The van der Waals surface area contributed by atoms with E-state index in [4.69, 9.17) is 18.5 Å². The fourth-order valence-electron chi connectivity index (χ4n) is 8.95. The van der Waals surface area contributed by atoms with Crippen molar-refractivity contribution >= 4 is 19.8 Å². The summed E-state index contributed by atoms with van der Waals surface area (Å²) in [6.45, 7) is 4.14. The van der Waals surface area contributed by atoms with Gasteiger partial charge >= 0.3 is 11.9 Å². The molecule has 0 N–H and O–H groups in total. The van der Waals surface area contributed by atoms with E-state index in [0.29, 0.717) is 17.4 Å². The second-order valence-electron chi connectivity index (χ2n) is 22.7. The standard InChI is InChI=1S/C68H122NO8P/c1-6-8-10-12-14-16-18-20-22-24-26-28-30-32-34-36-38-40-42-44-46-48-50-52-54-56-58-60-67(70)74-64-66(65-76-78(72,73)75-63-62-69(3,4)5)77-68(71)61-59-57-55-53-51-49-47-45-43-41-39-37-35-33-31-29-27-25-23-21-19-17-15-13-11-9-7-2/h9,11,15,17-18,20-21,23-24,26-27,29,33,35,66H,6-8,10,12-14,16,19,22,25,28,30-32,34,36-65H2,1-5H3/b11-9-,17-15-,20-18-,23-21-,26-24-,29-27-,35-33-. The summed E-state index contributed by atoms with van der Waals surface area (Å²) >= 11 is 0. The number of hydrogen-bond donors (Lipinski definition) is 0. The average Bonchev–Trinajstić information content (AvgIpc) is 3.41. The maximum atomic E-state index is 12.8. The van der Waals surface area contributed by atoms with Crippen molar-refractivity contribution in [2.24, 2.45) is 0 Å². The molecule has 9 nitrogen and oxygen atoms in total. The summed E-state index contributed by atoms with van der Waals surface area (Å²) in [5.41, 5.74) is 0. The molecule has 0 aromatic rings. The zero-order valence-corrected chi connectivity index (χ0v) is 52.2. The molecule has 2 atom stereocenters. The third-order valence-electron chi connectivity index (χ3n) is 13.9. The Morgan fingerprint density at radius 1 is 0.410 bits per heavy atom. The summed E-state index contributed by atoms with van der Waals surface area (Å²) in [5.74, 6) is -0.831. The van der Waals surface area contributed by atoms with E-state index in [1.165, 1.54) is 167 Å². The van der Waals surface area contributed by atoms with Crippen molar-refractivity contribution in [1.82, 2.24) is 0 Å². The van der Waals surface area contributed by atoms with Crippen LogP contribution < -0.4 is 4.89 Å². The summed E-state index contributed by atoms with van der Waals surface area (Å²) in [4.78, 5) is 38.0. The van der Waals surface area contributed by atoms with Crippen molar-refractivity contribution < 1.29 is 42.1 Å². The van der Waals surface area contributed by atoms with Gasteiger partial charge in [0, 0.05) is 12.8 Å². The Hall–Kier alpha value is -2.81. The van der Waals surface area contributed by atoms with E-state index in [0.717, 1.165) is 83.5 Å². The summed E-state index contributed by atoms with van der Waals surface area (Å²) in [5, 5.41) is 0. The SMILES string of the molecule is CC/C=C\C/C=C\C/C=C\C/C=C\C/C=C\CCCCCCCCCCCCCC(=O)OC(COC(=O)CCCCCCCCCCCCCCCCC/C=C\C/C=C\CCCCCCC)COP(=O)([O-])OCC[N+](C)(C)C. The van der Waals surface area contributed by atoms with E-state index in [-0.39, 0.29) is 32.0 Å². The molecule has 0 radical (unpaired) electrons. The van der Waals surface area contributed by atoms with Crippen LogP contribution in [-0.2, 0) is 32.7 Å². The van der Waals surface area contributed by atoms with Crippen molar-refractivity contribution in [1.29, 1.82) is 0 Å². The van der Waals surface area contributed by atoms with Crippen LogP contribution in [0.3, 0.4) is 0 Å². The van der Waals surface area contributed by atoms with Gasteiger partial charge in [-0.05, 0) is 89.9 Å². The number of likely N-dealkylation sites (N-methyl/N-ethyl adjacent to an activating group) is 1. The van der Waals surface area contributed by atoms with E-state index in [1.807, 2.05) is 21.1 Å². The zero-order valence-electron chi connectivity index (χ0n) is 51.3. The number of carbonyl (C=O) groups excluding carboxylic acids is 2. The van der Waals surface area contributed by atoms with Crippen LogP contribution in [0.1, 0.15) is 284 Å². The van der Waals surface area contributed by atoms with Crippen molar-refractivity contribution in [3.8, 4) is 0 Å². The normalized spacial score (nSPS) is 13.8. The Labute approximate surface area is 481 Å². The summed E-state index contributed by atoms with van der Waals surface area (Å²) in [6, 6.07) is 0. The van der Waals surface area contributed by atoms with E-state index >= 15 is 0 Å². The number of rotatable bonds is 59. The minimum Gasteiger partial charge on any atom is -0.756 e. The highest BCUT2D eigenvalue weighted by molar-refractivity contribution is 7.45. The highest BCUT2D eigenvalue weighted by Crippen LogP contribution is 2.38. The predicted molar refractivity (Wildman–Crippen MR) is 332 cm³/mol. The molecule has 2 unspecified atom stereocenters. The number of esters is 2. The van der Waals surface area contributed by atoms with Gasteiger partial charge in [-0.2, -0.15) is 0 Å². The maximum Gasteiger partial charge on any atom is 0.306 e. The molecule has 10 heteroatoms. The third kappa shape index (κ3) is 62.4. The minimum atomic E-state index is -4.64. The summed E-state index contributed by atoms with van der Waals surface area (Å²) in [6.07, 6.45) is 79.2. The first-order valence-electron chi connectivity index (χ1n) is 32.3. The van der Waals surface area contributed by atoms with Gasteiger partial charge in [0.1, 0.15) is 19.8 Å². The maximum absolute atomic E-state index is 12.8. The van der Waals surface area contributed by atoms with Crippen LogP contribution in [0.4, 0.5) is 0 Å². The van der Waals surface area contributed by atoms with Crippen LogP contribution in [0.15, 0.2) is 85.1 Å². The minimum absolute atomic E-state index is 0.0338. The molecule has 0 fully saturated rings. The number of allylic oxidation sites excluding steroid dienone is 14. The summed E-state index contributed by atoms with van der Waals surface area (Å²) < 4.78 is 34.3. The number of unbranched alkanes of at least 4 members (excludes halogenated alkanes) is 31. The molecule has 0 amide bonds. The third-order valence-corrected chi connectivity index (χ3v) is 14.9. The first kappa shape index (κ1) is 75.2. The van der Waals surface area contributed by atoms with Crippen LogP contribution in [0.25, 0.3) is 0 Å². The topological polar surface area (TPSA) is 111 Å². The van der Waals surface area contributed by atoms with Gasteiger partial charge in [0.2, 0.25) is 0 Å².